The van der Waals surface area contributed by atoms with Crippen molar-refractivity contribution in [1.29, 1.82) is 0 Å². The number of benzene rings is 2. The number of phenols is 1. The van der Waals surface area contributed by atoms with Crippen molar-refractivity contribution in [2.24, 2.45) is 5.41 Å². The smallest absolute Gasteiger partial charge is 0.335 e. The highest BCUT2D eigenvalue weighted by Gasteiger charge is 2.21. The Kier molecular flexibility index (Phi) is 11.1. The van der Waals surface area contributed by atoms with Crippen LogP contribution >= 0.6 is 0 Å². The van der Waals surface area contributed by atoms with E-state index in [-0.39, 0.29) is 22.5 Å². The van der Waals surface area contributed by atoms with Crippen LogP contribution in [0.1, 0.15) is 92.0 Å². The van der Waals surface area contributed by atoms with E-state index >= 15 is 0 Å². The molecule has 0 aliphatic carbocycles. The molecule has 0 saturated carbocycles. The number of carbonyl (C=O) groups excluding carboxylic acids is 1. The number of hydrogen-bond donors (Lipinski definition) is 2. The summed E-state index contributed by atoms with van der Waals surface area (Å²) in [4.78, 5) is 23.6. The van der Waals surface area contributed by atoms with Gasteiger partial charge < -0.3 is 24.4 Å². The Balaban J connectivity index is 1.64. The van der Waals surface area contributed by atoms with Gasteiger partial charge in [0.2, 0.25) is 0 Å². The fourth-order valence-electron chi connectivity index (χ4n) is 3.84. The van der Waals surface area contributed by atoms with Crippen LogP contribution in [0, 0.1) is 12.3 Å². The van der Waals surface area contributed by atoms with Crippen LogP contribution in [0.4, 0.5) is 0 Å². The maximum absolute atomic E-state index is 12.5. The molecule has 0 aromatic heterocycles. The van der Waals surface area contributed by atoms with E-state index in [0.717, 1.165) is 38.5 Å². The standard InChI is InChI=1S/C29H40O7/c1-20-24(15-13-22(27(20)31)23(30)19-29(2,3)4)35-16-10-8-6-7-9-11-17-36-26-18-21(28(32)33)12-14-25(26)34-5/h12-15,18,31H,6-11,16-17,19H2,1-5H3,(H,32,33). The minimum absolute atomic E-state index is 0.0104. The summed E-state index contributed by atoms with van der Waals surface area (Å²) in [5.41, 5.74) is 0.983. The van der Waals surface area contributed by atoms with Crippen LogP contribution in [-0.4, -0.2) is 42.3 Å². The monoisotopic (exact) mass is 500 g/mol. The molecule has 7 nitrogen and oxygen atoms in total. The SMILES string of the molecule is COc1ccc(C(=O)O)cc1OCCCCCCCCOc1ccc(C(=O)CC(C)(C)C)c(O)c1C. The van der Waals surface area contributed by atoms with Crippen LogP contribution in [0.2, 0.25) is 0 Å². The first kappa shape index (κ1) is 29.0. The van der Waals surface area contributed by atoms with Gasteiger partial charge in [-0.1, -0.05) is 46.5 Å². The number of unbranched alkanes of at least 4 members (excludes halogenated alkanes) is 5. The first-order chi connectivity index (χ1) is 17.0. The number of carbonyl (C=O) groups is 2. The quantitative estimate of drug-likeness (QED) is 0.204. The lowest BCUT2D eigenvalue weighted by Crippen LogP contribution is -2.13. The second-order valence-electron chi connectivity index (χ2n) is 10.2. The molecule has 0 unspecified atom stereocenters. The number of carboxylic acid groups (broad SMARTS) is 1. The Labute approximate surface area is 214 Å². The molecular weight excluding hydrogens is 460 g/mol. The lowest BCUT2D eigenvalue weighted by molar-refractivity contribution is 0.0695. The van der Waals surface area contributed by atoms with Gasteiger partial charge in [-0.2, -0.15) is 0 Å². The van der Waals surface area contributed by atoms with Gasteiger partial charge in [0.1, 0.15) is 11.5 Å². The van der Waals surface area contributed by atoms with Gasteiger partial charge in [-0.15, -0.1) is 0 Å². The van der Waals surface area contributed by atoms with Crippen molar-refractivity contribution in [3.05, 3.63) is 47.0 Å². The largest absolute Gasteiger partial charge is 0.507 e. The van der Waals surface area contributed by atoms with Gasteiger partial charge in [-0.25, -0.2) is 4.79 Å². The zero-order valence-corrected chi connectivity index (χ0v) is 22.2. The molecule has 0 radical (unpaired) electrons. The van der Waals surface area contributed by atoms with Crippen molar-refractivity contribution in [3.8, 4) is 23.0 Å². The Bertz CT molecular complexity index is 1020. The zero-order valence-electron chi connectivity index (χ0n) is 22.2. The van der Waals surface area contributed by atoms with Crippen molar-refractivity contribution in [2.45, 2.75) is 72.6 Å². The molecule has 2 aromatic rings. The molecule has 0 bridgehead atoms. The van der Waals surface area contributed by atoms with Gasteiger partial charge in [-0.05, 0) is 55.5 Å². The summed E-state index contributed by atoms with van der Waals surface area (Å²) < 4.78 is 16.8. The number of hydrogen-bond acceptors (Lipinski definition) is 6. The van der Waals surface area contributed by atoms with E-state index in [1.165, 1.54) is 19.2 Å². The highest BCUT2D eigenvalue weighted by Crippen LogP contribution is 2.33. The number of aromatic carboxylic acids is 1. The van der Waals surface area contributed by atoms with Gasteiger partial charge in [0.15, 0.2) is 17.3 Å². The van der Waals surface area contributed by atoms with Crippen molar-refractivity contribution in [3.63, 3.8) is 0 Å². The molecule has 0 aliphatic heterocycles. The number of carboxylic acids is 1. The van der Waals surface area contributed by atoms with Crippen LogP contribution in [0.15, 0.2) is 30.3 Å². The van der Waals surface area contributed by atoms with E-state index < -0.39 is 5.97 Å². The Hall–Kier alpha value is -3.22. The number of phenolic OH excluding ortho intramolecular Hbond substituents is 1. The summed E-state index contributed by atoms with van der Waals surface area (Å²) in [6.45, 7) is 8.83. The summed E-state index contributed by atoms with van der Waals surface area (Å²) in [6, 6.07) is 8.00. The second kappa shape index (κ2) is 13.8. The molecule has 7 heteroatoms. The summed E-state index contributed by atoms with van der Waals surface area (Å²) >= 11 is 0. The minimum atomic E-state index is -0.998. The first-order valence-corrected chi connectivity index (χ1v) is 12.6. The van der Waals surface area contributed by atoms with Gasteiger partial charge >= 0.3 is 5.97 Å². The molecule has 0 fully saturated rings. The molecule has 0 heterocycles. The van der Waals surface area contributed by atoms with Crippen molar-refractivity contribution in [1.82, 2.24) is 0 Å². The van der Waals surface area contributed by atoms with Crippen molar-refractivity contribution in [2.75, 3.05) is 20.3 Å². The molecule has 0 spiro atoms. The molecular formula is C29H40O7. The van der Waals surface area contributed by atoms with Gasteiger partial charge in [0, 0.05) is 12.0 Å². The molecule has 2 aromatic carbocycles. The number of Topliss-reactive ketones (excluding diaryl/α,β-unsaturated/α-hetero) is 1. The number of ketones is 1. The van der Waals surface area contributed by atoms with E-state index in [0.29, 0.717) is 48.0 Å². The fourth-order valence-corrected chi connectivity index (χ4v) is 3.84. The average Bonchev–Trinajstić information content (AvgIpc) is 2.81. The number of aromatic hydroxyl groups is 1. The van der Waals surface area contributed by atoms with Crippen LogP contribution in [0.3, 0.4) is 0 Å². The third-order valence-corrected chi connectivity index (χ3v) is 5.84. The van der Waals surface area contributed by atoms with E-state index in [2.05, 4.69) is 0 Å². The molecule has 0 saturated heterocycles. The Morgan fingerprint density at radius 1 is 0.833 bits per heavy atom. The lowest BCUT2D eigenvalue weighted by atomic mass is 9.87. The van der Waals surface area contributed by atoms with E-state index in [4.69, 9.17) is 19.3 Å². The predicted molar refractivity (Wildman–Crippen MR) is 140 cm³/mol. The average molecular weight is 501 g/mol. The van der Waals surface area contributed by atoms with Crippen molar-refractivity contribution < 1.29 is 34.0 Å². The topological polar surface area (TPSA) is 102 Å². The predicted octanol–water partition coefficient (Wildman–Crippen LogP) is 6.82. The van der Waals surface area contributed by atoms with Crippen LogP contribution in [0.25, 0.3) is 0 Å². The molecule has 0 atom stereocenters. The highest BCUT2D eigenvalue weighted by atomic mass is 16.5. The minimum Gasteiger partial charge on any atom is -0.507 e. The maximum atomic E-state index is 12.5. The van der Waals surface area contributed by atoms with Crippen LogP contribution < -0.4 is 14.2 Å². The number of methoxy groups -OCH3 is 1. The third-order valence-electron chi connectivity index (χ3n) is 5.84. The first-order valence-electron chi connectivity index (χ1n) is 12.6. The highest BCUT2D eigenvalue weighted by molar-refractivity contribution is 5.99. The van der Waals surface area contributed by atoms with E-state index in [9.17, 15) is 14.7 Å². The van der Waals surface area contributed by atoms with Crippen LogP contribution in [0.5, 0.6) is 23.0 Å². The number of ether oxygens (including phenoxy) is 3. The molecule has 0 aliphatic rings. The second-order valence-corrected chi connectivity index (χ2v) is 10.2. The van der Waals surface area contributed by atoms with Gasteiger partial charge in [-0.3, -0.25) is 4.79 Å². The summed E-state index contributed by atoms with van der Waals surface area (Å²) in [5.74, 6) is 0.530. The van der Waals surface area contributed by atoms with E-state index in [1.54, 1.807) is 25.1 Å². The lowest BCUT2D eigenvalue weighted by Gasteiger charge is -2.18. The normalized spacial score (nSPS) is 11.2. The van der Waals surface area contributed by atoms with Gasteiger partial charge in [0.25, 0.3) is 0 Å². The zero-order chi connectivity index (χ0) is 26.7. The van der Waals surface area contributed by atoms with Gasteiger partial charge in [0.05, 0.1) is 31.5 Å². The number of rotatable bonds is 15. The third kappa shape index (κ3) is 9.10. The Morgan fingerprint density at radius 3 is 1.94 bits per heavy atom. The Morgan fingerprint density at radius 2 is 1.39 bits per heavy atom. The summed E-state index contributed by atoms with van der Waals surface area (Å²) in [5, 5.41) is 19.6. The maximum Gasteiger partial charge on any atom is 0.335 e. The molecule has 2 N–H and O–H groups in total. The fraction of sp³-hybridized carbons (Fsp3) is 0.517. The van der Waals surface area contributed by atoms with Crippen molar-refractivity contribution >= 4 is 11.8 Å². The van der Waals surface area contributed by atoms with E-state index in [1.807, 2.05) is 20.8 Å². The summed E-state index contributed by atoms with van der Waals surface area (Å²) in [6.07, 6.45) is 6.34. The molecule has 2 rings (SSSR count). The molecule has 0 amide bonds. The molecule has 36 heavy (non-hydrogen) atoms. The molecule has 198 valence electrons. The summed E-state index contributed by atoms with van der Waals surface area (Å²) in [7, 11) is 1.53. The van der Waals surface area contributed by atoms with Crippen LogP contribution in [-0.2, 0) is 0 Å².